The Morgan fingerprint density at radius 1 is 1.67 bits per heavy atom. The van der Waals surface area contributed by atoms with E-state index < -0.39 is 0 Å². The summed E-state index contributed by atoms with van der Waals surface area (Å²) in [5, 5.41) is 3.35. The Kier molecular flexibility index (Phi) is 1.49. The van der Waals surface area contributed by atoms with Gasteiger partial charge in [-0.05, 0) is 25.3 Å². The Hall–Kier alpha value is -0.410. The molecule has 2 aliphatic rings. The molecular weight excluding hydrogens is 168 g/mol. The first-order valence-electron chi connectivity index (χ1n) is 4.56. The zero-order chi connectivity index (χ0) is 7.97. The molecule has 1 aliphatic carbocycles. The molecule has 2 heterocycles. The molecule has 2 nitrogen and oxygen atoms in total. The summed E-state index contributed by atoms with van der Waals surface area (Å²) in [6.07, 6.45) is 4.78. The molecule has 1 saturated heterocycles. The quantitative estimate of drug-likeness (QED) is 0.689. The van der Waals surface area contributed by atoms with Gasteiger partial charge < -0.3 is 0 Å². The molecule has 0 bridgehead atoms. The Morgan fingerprint density at radius 2 is 2.67 bits per heavy atom. The van der Waals surface area contributed by atoms with Gasteiger partial charge in [0.15, 0.2) is 0 Å². The summed E-state index contributed by atoms with van der Waals surface area (Å²) in [5.41, 5.74) is 0. The van der Waals surface area contributed by atoms with Gasteiger partial charge in [0.2, 0.25) is 0 Å². The average molecular weight is 180 g/mol. The summed E-state index contributed by atoms with van der Waals surface area (Å²) < 4.78 is 0. The van der Waals surface area contributed by atoms with Gasteiger partial charge >= 0.3 is 0 Å². The van der Waals surface area contributed by atoms with E-state index in [2.05, 4.69) is 15.3 Å². The third kappa shape index (κ3) is 1.08. The number of rotatable bonds is 2. The number of nitrogens with zero attached hydrogens (tertiary/aromatic N) is 2. The molecule has 0 N–H and O–H groups in total. The summed E-state index contributed by atoms with van der Waals surface area (Å²) in [7, 11) is 0. The van der Waals surface area contributed by atoms with E-state index in [0.717, 1.165) is 18.5 Å². The van der Waals surface area contributed by atoms with Crippen molar-refractivity contribution in [1.82, 2.24) is 9.88 Å². The zero-order valence-corrected chi connectivity index (χ0v) is 7.76. The van der Waals surface area contributed by atoms with Crippen molar-refractivity contribution in [3.63, 3.8) is 0 Å². The third-order valence-electron chi connectivity index (χ3n) is 2.96. The van der Waals surface area contributed by atoms with Crippen LogP contribution in [0.4, 0.5) is 0 Å². The number of thiazole rings is 1. The van der Waals surface area contributed by atoms with E-state index in [4.69, 9.17) is 0 Å². The second kappa shape index (κ2) is 2.54. The van der Waals surface area contributed by atoms with Crippen molar-refractivity contribution in [3.8, 4) is 0 Å². The lowest BCUT2D eigenvalue weighted by Crippen LogP contribution is -2.22. The van der Waals surface area contributed by atoms with E-state index >= 15 is 0 Å². The largest absolute Gasteiger partial charge is 0.293 e. The summed E-state index contributed by atoms with van der Waals surface area (Å²) in [4.78, 5) is 6.90. The van der Waals surface area contributed by atoms with Crippen molar-refractivity contribution in [1.29, 1.82) is 0 Å². The van der Waals surface area contributed by atoms with Crippen LogP contribution in [0.15, 0.2) is 11.6 Å². The molecule has 64 valence electrons. The van der Waals surface area contributed by atoms with Gasteiger partial charge in [0.1, 0.15) is 5.01 Å². The van der Waals surface area contributed by atoms with Crippen LogP contribution in [0.2, 0.25) is 0 Å². The van der Waals surface area contributed by atoms with Crippen molar-refractivity contribution in [3.05, 3.63) is 16.6 Å². The van der Waals surface area contributed by atoms with Gasteiger partial charge in [0, 0.05) is 17.6 Å². The first-order chi connectivity index (χ1) is 5.93. The molecule has 12 heavy (non-hydrogen) atoms. The van der Waals surface area contributed by atoms with Crippen molar-refractivity contribution >= 4 is 11.3 Å². The van der Waals surface area contributed by atoms with Gasteiger partial charge in [0.25, 0.3) is 0 Å². The molecule has 0 spiro atoms. The maximum atomic E-state index is 4.31. The number of aromatic nitrogens is 1. The van der Waals surface area contributed by atoms with Crippen molar-refractivity contribution in [2.75, 3.05) is 6.54 Å². The highest BCUT2D eigenvalue weighted by Crippen LogP contribution is 2.44. The Morgan fingerprint density at radius 3 is 3.25 bits per heavy atom. The lowest BCUT2D eigenvalue weighted by Gasteiger charge is -2.14. The lowest BCUT2D eigenvalue weighted by atomic mass is 10.3. The molecule has 2 unspecified atom stereocenters. The van der Waals surface area contributed by atoms with E-state index in [1.54, 1.807) is 11.3 Å². The molecular formula is C9H12N2S. The fourth-order valence-corrected chi connectivity index (χ4v) is 2.83. The van der Waals surface area contributed by atoms with Crippen LogP contribution >= 0.6 is 11.3 Å². The predicted molar refractivity (Wildman–Crippen MR) is 49.0 cm³/mol. The third-order valence-corrected chi connectivity index (χ3v) is 3.73. The summed E-state index contributed by atoms with van der Waals surface area (Å²) >= 11 is 1.78. The summed E-state index contributed by atoms with van der Waals surface area (Å²) in [6.45, 7) is 2.40. The van der Waals surface area contributed by atoms with E-state index in [9.17, 15) is 0 Å². The van der Waals surface area contributed by atoms with Crippen LogP contribution in [0, 0.1) is 5.92 Å². The number of hydrogen-bond donors (Lipinski definition) is 0. The monoisotopic (exact) mass is 180 g/mol. The highest BCUT2D eigenvalue weighted by molar-refractivity contribution is 7.09. The minimum atomic E-state index is 0.925. The number of likely N-dealkylation sites (tertiary alicyclic amines) is 1. The molecule has 0 radical (unpaired) electrons. The van der Waals surface area contributed by atoms with Crippen molar-refractivity contribution in [2.24, 2.45) is 5.92 Å². The zero-order valence-electron chi connectivity index (χ0n) is 6.94. The summed E-state index contributed by atoms with van der Waals surface area (Å²) in [6, 6.07) is 0.925. The maximum Gasteiger partial charge on any atom is 0.107 e. The normalized spacial score (nSPS) is 33.7. The number of piperidine rings is 1. The van der Waals surface area contributed by atoms with Gasteiger partial charge in [-0.1, -0.05) is 0 Å². The first kappa shape index (κ1) is 7.04. The topological polar surface area (TPSA) is 16.1 Å². The van der Waals surface area contributed by atoms with Gasteiger partial charge in [-0.25, -0.2) is 4.98 Å². The second-order valence-corrected chi connectivity index (χ2v) is 4.73. The molecule has 0 aromatic carbocycles. The number of hydrogen-bond acceptors (Lipinski definition) is 3. The highest BCUT2D eigenvalue weighted by Gasteiger charge is 2.46. The van der Waals surface area contributed by atoms with Gasteiger partial charge in [-0.3, -0.25) is 4.90 Å². The molecule has 3 rings (SSSR count). The smallest absolute Gasteiger partial charge is 0.107 e. The molecule has 0 amide bonds. The predicted octanol–water partition coefficient (Wildman–Crippen LogP) is 1.74. The Labute approximate surface area is 76.2 Å². The number of fused-ring (bicyclic) bond motifs is 1. The minimum Gasteiger partial charge on any atom is -0.293 e. The van der Waals surface area contributed by atoms with Crippen LogP contribution in [-0.4, -0.2) is 22.5 Å². The minimum absolute atomic E-state index is 0.925. The van der Waals surface area contributed by atoms with Crippen LogP contribution in [-0.2, 0) is 6.54 Å². The molecule has 1 aromatic rings. The first-order valence-corrected chi connectivity index (χ1v) is 5.44. The Balaban J connectivity index is 1.68. The SMILES string of the molecule is c1csc(CN2CCC3CC32)n1. The molecule has 1 aliphatic heterocycles. The fraction of sp³-hybridized carbons (Fsp3) is 0.667. The molecule has 1 saturated carbocycles. The maximum absolute atomic E-state index is 4.31. The standard InChI is InChI=1S/C9H12N2S/c1-3-11(8-5-7(1)8)6-9-10-2-4-12-9/h2,4,7-8H,1,3,5-6H2. The lowest BCUT2D eigenvalue weighted by molar-refractivity contribution is 0.291. The van der Waals surface area contributed by atoms with E-state index in [-0.39, 0.29) is 0 Å². The van der Waals surface area contributed by atoms with Crippen LogP contribution in [0.25, 0.3) is 0 Å². The average Bonchev–Trinajstić information content (AvgIpc) is 2.54. The fourth-order valence-electron chi connectivity index (χ4n) is 2.19. The highest BCUT2D eigenvalue weighted by atomic mass is 32.1. The van der Waals surface area contributed by atoms with Crippen molar-refractivity contribution in [2.45, 2.75) is 25.4 Å². The summed E-state index contributed by atoms with van der Waals surface area (Å²) in [5.74, 6) is 1.05. The second-order valence-electron chi connectivity index (χ2n) is 3.75. The molecule has 1 aromatic heterocycles. The van der Waals surface area contributed by atoms with Crippen LogP contribution in [0.1, 0.15) is 17.8 Å². The van der Waals surface area contributed by atoms with E-state index in [1.165, 1.54) is 24.4 Å². The molecule has 2 atom stereocenters. The van der Waals surface area contributed by atoms with Gasteiger partial charge in [-0.15, -0.1) is 11.3 Å². The van der Waals surface area contributed by atoms with Crippen LogP contribution in [0.3, 0.4) is 0 Å². The molecule has 2 fully saturated rings. The van der Waals surface area contributed by atoms with Crippen LogP contribution < -0.4 is 0 Å². The van der Waals surface area contributed by atoms with E-state index in [0.29, 0.717) is 0 Å². The van der Waals surface area contributed by atoms with Crippen molar-refractivity contribution < 1.29 is 0 Å². The van der Waals surface area contributed by atoms with Crippen LogP contribution in [0.5, 0.6) is 0 Å². The Bertz CT molecular complexity index is 270. The van der Waals surface area contributed by atoms with E-state index in [1.807, 2.05) is 6.20 Å². The van der Waals surface area contributed by atoms with Gasteiger partial charge in [0.05, 0.1) is 6.54 Å². The molecule has 3 heteroatoms. The van der Waals surface area contributed by atoms with Gasteiger partial charge in [-0.2, -0.15) is 0 Å².